The van der Waals surface area contributed by atoms with E-state index in [9.17, 15) is 9.59 Å². The van der Waals surface area contributed by atoms with Gasteiger partial charge in [-0.1, -0.05) is 24.8 Å². The zero-order valence-electron chi connectivity index (χ0n) is 24.0. The number of hydrogen-bond donors (Lipinski definition) is 4. The second-order valence-corrected chi connectivity index (χ2v) is 10.2. The molecule has 1 saturated heterocycles. The molecule has 0 bridgehead atoms. The highest BCUT2D eigenvalue weighted by molar-refractivity contribution is 5.93. The number of rotatable bonds is 12. The SMILES string of the molecule is CCCNc1nc(Nc2ccc3cn[nH]c3c2)ncc1C#CCCCNC(=O)[C@@H]1CCCN1C(=O)C=CCN(C)C. The smallest absolute Gasteiger partial charge is 0.246 e. The monoisotopic (exact) mass is 557 g/mol. The molecule has 2 amide bonds. The number of likely N-dealkylation sites (N-methyl/N-ethyl adjacent to an activating group) is 1. The van der Waals surface area contributed by atoms with Crippen LogP contribution >= 0.6 is 0 Å². The van der Waals surface area contributed by atoms with Crippen LogP contribution in [0.15, 0.2) is 42.7 Å². The Morgan fingerprint density at radius 2 is 2.12 bits per heavy atom. The van der Waals surface area contributed by atoms with Crippen LogP contribution in [-0.2, 0) is 9.59 Å². The van der Waals surface area contributed by atoms with Gasteiger partial charge in [0.25, 0.3) is 0 Å². The van der Waals surface area contributed by atoms with Crippen molar-refractivity contribution in [1.29, 1.82) is 0 Å². The number of H-pyrrole nitrogens is 1. The molecule has 1 aromatic carbocycles. The molecule has 1 atom stereocenters. The van der Waals surface area contributed by atoms with Crippen molar-refractivity contribution in [2.24, 2.45) is 0 Å². The van der Waals surface area contributed by atoms with Gasteiger partial charge in [0.15, 0.2) is 0 Å². The lowest BCUT2D eigenvalue weighted by Gasteiger charge is -2.22. The zero-order chi connectivity index (χ0) is 29.0. The Balaban J connectivity index is 1.28. The quantitative estimate of drug-likeness (QED) is 0.152. The number of carbonyl (C=O) groups is 2. The Morgan fingerprint density at radius 3 is 2.95 bits per heavy atom. The number of likely N-dealkylation sites (tertiary alicyclic amines) is 1. The third-order valence-corrected chi connectivity index (χ3v) is 6.60. The molecule has 0 spiro atoms. The molecule has 3 heterocycles. The van der Waals surface area contributed by atoms with Gasteiger partial charge in [-0.3, -0.25) is 14.7 Å². The number of anilines is 3. The normalized spacial score (nSPS) is 14.8. The van der Waals surface area contributed by atoms with Crippen LogP contribution in [0.4, 0.5) is 17.5 Å². The minimum atomic E-state index is -0.407. The molecule has 1 aliphatic heterocycles. The molecule has 1 fully saturated rings. The van der Waals surface area contributed by atoms with Gasteiger partial charge in [-0.2, -0.15) is 10.1 Å². The molecule has 11 nitrogen and oxygen atoms in total. The van der Waals surface area contributed by atoms with Gasteiger partial charge in [-0.05, 0) is 58.0 Å². The van der Waals surface area contributed by atoms with Crippen LogP contribution < -0.4 is 16.0 Å². The molecule has 0 unspecified atom stereocenters. The van der Waals surface area contributed by atoms with Gasteiger partial charge in [-0.25, -0.2) is 4.98 Å². The van der Waals surface area contributed by atoms with Crippen LogP contribution in [0.5, 0.6) is 0 Å². The van der Waals surface area contributed by atoms with Gasteiger partial charge in [0, 0.05) is 49.7 Å². The maximum atomic E-state index is 12.7. The molecule has 4 rings (SSSR count). The predicted molar refractivity (Wildman–Crippen MR) is 162 cm³/mol. The second kappa shape index (κ2) is 14.8. The van der Waals surface area contributed by atoms with E-state index in [1.54, 1.807) is 23.4 Å². The number of nitrogens with zero attached hydrogens (tertiary/aromatic N) is 5. The van der Waals surface area contributed by atoms with Gasteiger partial charge >= 0.3 is 0 Å². The number of nitrogens with one attached hydrogen (secondary N) is 4. The summed E-state index contributed by atoms with van der Waals surface area (Å²) in [6.45, 7) is 4.66. The highest BCUT2D eigenvalue weighted by atomic mass is 16.2. The van der Waals surface area contributed by atoms with E-state index < -0.39 is 6.04 Å². The molecule has 41 heavy (non-hydrogen) atoms. The van der Waals surface area contributed by atoms with Crippen molar-refractivity contribution < 1.29 is 9.59 Å². The fraction of sp³-hybridized carbons (Fsp3) is 0.433. The molecular formula is C30H39N9O2. The van der Waals surface area contributed by atoms with Crippen LogP contribution in [0.3, 0.4) is 0 Å². The number of carbonyl (C=O) groups excluding carboxylic acids is 2. The van der Waals surface area contributed by atoms with Crippen molar-refractivity contribution in [2.45, 2.75) is 45.1 Å². The van der Waals surface area contributed by atoms with Crippen LogP contribution in [0.25, 0.3) is 10.9 Å². The Hall–Kier alpha value is -4.43. The standard InChI is InChI=1S/C30H39N9O2/c1-4-15-31-28-23(20-33-30(36-28)35-24-14-13-22-21-34-37-25(22)19-24)10-6-5-7-16-32-29(41)26-11-8-18-39(26)27(40)12-9-17-38(2)3/h9,12-14,19-21,26H,4-5,7-8,11,15-18H2,1-3H3,(H,32,41)(H,34,37)(H2,31,33,35,36)/t26-/m0/s1. The Bertz CT molecular complexity index is 1420. The van der Waals surface area contributed by atoms with Crippen LogP contribution in [0, 0.1) is 11.8 Å². The number of fused-ring (bicyclic) bond motifs is 1. The third kappa shape index (κ3) is 8.53. The summed E-state index contributed by atoms with van der Waals surface area (Å²) in [7, 11) is 3.89. The highest BCUT2D eigenvalue weighted by Crippen LogP contribution is 2.21. The Labute approximate surface area is 241 Å². The van der Waals surface area contributed by atoms with E-state index in [1.165, 1.54) is 0 Å². The summed E-state index contributed by atoms with van der Waals surface area (Å²) < 4.78 is 0. The third-order valence-electron chi connectivity index (χ3n) is 6.60. The minimum absolute atomic E-state index is 0.0981. The summed E-state index contributed by atoms with van der Waals surface area (Å²) in [6, 6.07) is 5.49. The maximum Gasteiger partial charge on any atom is 0.246 e. The Morgan fingerprint density at radius 1 is 1.24 bits per heavy atom. The largest absolute Gasteiger partial charge is 0.369 e. The lowest BCUT2D eigenvalue weighted by Crippen LogP contribution is -2.45. The fourth-order valence-electron chi connectivity index (χ4n) is 4.48. The molecule has 11 heteroatoms. The molecule has 1 aliphatic rings. The maximum absolute atomic E-state index is 12.7. The fourth-order valence-corrected chi connectivity index (χ4v) is 4.48. The van der Waals surface area contributed by atoms with E-state index in [4.69, 9.17) is 0 Å². The van der Waals surface area contributed by atoms with Crippen LogP contribution in [0.2, 0.25) is 0 Å². The minimum Gasteiger partial charge on any atom is -0.369 e. The van der Waals surface area contributed by atoms with E-state index in [0.717, 1.165) is 41.5 Å². The molecule has 216 valence electrons. The zero-order valence-corrected chi connectivity index (χ0v) is 24.0. The summed E-state index contributed by atoms with van der Waals surface area (Å²) in [6.07, 6.45) is 10.7. The van der Waals surface area contributed by atoms with Crippen molar-refractivity contribution in [2.75, 3.05) is 50.9 Å². The van der Waals surface area contributed by atoms with Crippen molar-refractivity contribution in [3.05, 3.63) is 48.3 Å². The van der Waals surface area contributed by atoms with E-state index >= 15 is 0 Å². The molecule has 0 radical (unpaired) electrons. The van der Waals surface area contributed by atoms with Crippen molar-refractivity contribution in [3.8, 4) is 11.8 Å². The van der Waals surface area contributed by atoms with Gasteiger partial charge < -0.3 is 25.8 Å². The van der Waals surface area contributed by atoms with Gasteiger partial charge in [0.2, 0.25) is 17.8 Å². The summed E-state index contributed by atoms with van der Waals surface area (Å²) in [5.74, 6) is 7.30. The molecule has 3 aromatic rings. The van der Waals surface area contributed by atoms with Crippen LogP contribution in [0.1, 0.15) is 44.6 Å². The van der Waals surface area contributed by atoms with E-state index in [-0.39, 0.29) is 11.8 Å². The number of hydrogen-bond acceptors (Lipinski definition) is 8. The van der Waals surface area contributed by atoms with Crippen molar-refractivity contribution in [3.63, 3.8) is 0 Å². The van der Waals surface area contributed by atoms with Gasteiger partial charge in [0.1, 0.15) is 11.9 Å². The first kappa shape index (κ1) is 29.6. The van der Waals surface area contributed by atoms with E-state index in [0.29, 0.717) is 50.7 Å². The molecule has 0 saturated carbocycles. The lowest BCUT2D eigenvalue weighted by molar-refractivity contribution is -0.135. The van der Waals surface area contributed by atoms with E-state index in [2.05, 4.69) is 54.9 Å². The first-order valence-electron chi connectivity index (χ1n) is 14.1. The molecule has 2 aromatic heterocycles. The predicted octanol–water partition coefficient (Wildman–Crippen LogP) is 3.28. The first-order chi connectivity index (χ1) is 19.9. The number of unbranched alkanes of at least 4 members (excludes halogenated alkanes) is 1. The first-order valence-corrected chi connectivity index (χ1v) is 14.1. The van der Waals surface area contributed by atoms with E-state index in [1.807, 2.05) is 43.3 Å². The summed E-state index contributed by atoms with van der Waals surface area (Å²) in [5, 5.41) is 17.6. The number of benzene rings is 1. The lowest BCUT2D eigenvalue weighted by atomic mass is 10.2. The average molecular weight is 558 g/mol. The number of aromatic amines is 1. The summed E-state index contributed by atoms with van der Waals surface area (Å²) in [5.41, 5.74) is 2.51. The number of aromatic nitrogens is 4. The van der Waals surface area contributed by atoms with Crippen molar-refractivity contribution >= 4 is 40.2 Å². The average Bonchev–Trinajstić information content (AvgIpc) is 3.64. The van der Waals surface area contributed by atoms with Gasteiger partial charge in [-0.15, -0.1) is 0 Å². The van der Waals surface area contributed by atoms with Gasteiger partial charge in [0.05, 0.1) is 23.5 Å². The second-order valence-electron chi connectivity index (χ2n) is 10.2. The topological polar surface area (TPSA) is 131 Å². The van der Waals surface area contributed by atoms with Crippen LogP contribution in [-0.4, -0.2) is 88.1 Å². The van der Waals surface area contributed by atoms with Crippen molar-refractivity contribution in [1.82, 2.24) is 35.3 Å². The summed E-state index contributed by atoms with van der Waals surface area (Å²) >= 11 is 0. The Kier molecular flexibility index (Phi) is 10.7. The molecule has 0 aliphatic carbocycles. The summed E-state index contributed by atoms with van der Waals surface area (Å²) in [4.78, 5) is 38.0. The molecular weight excluding hydrogens is 518 g/mol. The highest BCUT2D eigenvalue weighted by Gasteiger charge is 2.32. The molecule has 4 N–H and O–H groups in total. The number of amides is 2.